The lowest BCUT2D eigenvalue weighted by atomic mass is 10.0. The standard InChI is InChI=1S/C11H19NO/c13-9-11-7-4-8-12(11)10-5-2-1-3-6-10/h2,5,10-11,13H,1,3-4,6-9H2/t10?,11-/m1/s1. The molecular weight excluding hydrogens is 162 g/mol. The molecule has 1 aliphatic heterocycles. The molecule has 2 aliphatic rings. The minimum absolute atomic E-state index is 0.338. The summed E-state index contributed by atoms with van der Waals surface area (Å²) in [4.78, 5) is 2.48. The fraction of sp³-hybridized carbons (Fsp3) is 0.818. The average molecular weight is 181 g/mol. The fourth-order valence-corrected chi connectivity index (χ4v) is 2.56. The predicted octanol–water partition coefficient (Wildman–Crippen LogP) is 1.55. The van der Waals surface area contributed by atoms with Gasteiger partial charge >= 0.3 is 0 Å². The minimum Gasteiger partial charge on any atom is -0.395 e. The van der Waals surface area contributed by atoms with E-state index in [0.29, 0.717) is 18.7 Å². The molecule has 0 bridgehead atoms. The molecule has 1 N–H and O–H groups in total. The molecule has 2 atom stereocenters. The average Bonchev–Trinajstić information content (AvgIpc) is 2.67. The van der Waals surface area contributed by atoms with Crippen molar-refractivity contribution < 1.29 is 5.11 Å². The number of rotatable bonds is 2. The third kappa shape index (κ3) is 1.94. The van der Waals surface area contributed by atoms with Gasteiger partial charge in [-0.15, -0.1) is 0 Å². The summed E-state index contributed by atoms with van der Waals surface area (Å²) in [5, 5.41) is 9.20. The smallest absolute Gasteiger partial charge is 0.0587 e. The van der Waals surface area contributed by atoms with Gasteiger partial charge < -0.3 is 5.11 Å². The van der Waals surface area contributed by atoms with Crippen LogP contribution in [0.3, 0.4) is 0 Å². The SMILES string of the molecule is OC[C@H]1CCCN1C1C=CCCC1. The first-order valence-corrected chi connectivity index (χ1v) is 5.45. The van der Waals surface area contributed by atoms with Crippen LogP contribution in [0.4, 0.5) is 0 Å². The molecule has 1 aliphatic carbocycles. The second-order valence-electron chi connectivity index (χ2n) is 4.14. The Kier molecular flexibility index (Phi) is 3.01. The van der Waals surface area contributed by atoms with Gasteiger partial charge in [-0.25, -0.2) is 0 Å². The van der Waals surface area contributed by atoms with Crippen molar-refractivity contribution in [3.05, 3.63) is 12.2 Å². The number of likely N-dealkylation sites (tertiary alicyclic amines) is 1. The monoisotopic (exact) mass is 181 g/mol. The Morgan fingerprint density at radius 1 is 1.31 bits per heavy atom. The molecule has 0 radical (unpaired) electrons. The molecule has 0 aromatic rings. The molecule has 0 amide bonds. The van der Waals surface area contributed by atoms with Gasteiger partial charge in [-0.05, 0) is 38.6 Å². The molecule has 1 saturated heterocycles. The van der Waals surface area contributed by atoms with Gasteiger partial charge in [0.25, 0.3) is 0 Å². The third-order valence-electron chi connectivity index (χ3n) is 3.29. The number of nitrogens with zero attached hydrogens (tertiary/aromatic N) is 1. The Morgan fingerprint density at radius 2 is 2.23 bits per heavy atom. The van der Waals surface area contributed by atoms with E-state index in [1.54, 1.807) is 0 Å². The van der Waals surface area contributed by atoms with Crippen molar-refractivity contribution >= 4 is 0 Å². The number of allylic oxidation sites excluding steroid dienone is 1. The third-order valence-corrected chi connectivity index (χ3v) is 3.29. The number of aliphatic hydroxyl groups excluding tert-OH is 1. The quantitative estimate of drug-likeness (QED) is 0.653. The van der Waals surface area contributed by atoms with Crippen LogP contribution >= 0.6 is 0 Å². The summed E-state index contributed by atoms with van der Waals surface area (Å²) < 4.78 is 0. The first-order valence-electron chi connectivity index (χ1n) is 5.45. The normalized spacial score (nSPS) is 35.5. The zero-order chi connectivity index (χ0) is 9.10. The Labute approximate surface area is 80.2 Å². The molecule has 0 aromatic carbocycles. The number of hydrogen-bond donors (Lipinski definition) is 1. The maximum atomic E-state index is 9.20. The zero-order valence-corrected chi connectivity index (χ0v) is 8.15. The molecule has 13 heavy (non-hydrogen) atoms. The molecule has 74 valence electrons. The van der Waals surface area contributed by atoms with Gasteiger partial charge in [0.2, 0.25) is 0 Å². The van der Waals surface area contributed by atoms with E-state index >= 15 is 0 Å². The summed E-state index contributed by atoms with van der Waals surface area (Å²) in [5.74, 6) is 0. The summed E-state index contributed by atoms with van der Waals surface area (Å²) in [6, 6.07) is 1.06. The van der Waals surface area contributed by atoms with E-state index in [9.17, 15) is 5.11 Å². The van der Waals surface area contributed by atoms with Crippen molar-refractivity contribution in [1.29, 1.82) is 0 Å². The second-order valence-corrected chi connectivity index (χ2v) is 4.14. The molecule has 2 rings (SSSR count). The maximum absolute atomic E-state index is 9.20. The van der Waals surface area contributed by atoms with Crippen LogP contribution in [0.25, 0.3) is 0 Å². The summed E-state index contributed by atoms with van der Waals surface area (Å²) in [7, 11) is 0. The molecule has 2 heteroatoms. The largest absolute Gasteiger partial charge is 0.395 e. The van der Waals surface area contributed by atoms with Crippen LogP contribution < -0.4 is 0 Å². The number of hydrogen-bond acceptors (Lipinski definition) is 2. The second kappa shape index (κ2) is 4.25. The highest BCUT2D eigenvalue weighted by atomic mass is 16.3. The Bertz CT molecular complexity index is 191. The van der Waals surface area contributed by atoms with E-state index in [-0.39, 0.29) is 0 Å². The summed E-state index contributed by atoms with van der Waals surface area (Å²) >= 11 is 0. The van der Waals surface area contributed by atoms with Crippen LogP contribution in [0.5, 0.6) is 0 Å². The predicted molar refractivity (Wildman–Crippen MR) is 53.6 cm³/mol. The van der Waals surface area contributed by atoms with E-state index in [1.165, 1.54) is 38.6 Å². The highest BCUT2D eigenvalue weighted by Crippen LogP contribution is 2.25. The highest BCUT2D eigenvalue weighted by Gasteiger charge is 2.28. The molecule has 2 nitrogen and oxygen atoms in total. The first kappa shape index (κ1) is 9.22. The summed E-state index contributed by atoms with van der Waals surface area (Å²) in [6.45, 7) is 1.52. The van der Waals surface area contributed by atoms with Crippen LogP contribution in [0.15, 0.2) is 12.2 Å². The molecular formula is C11H19NO. The lowest BCUT2D eigenvalue weighted by Crippen LogP contribution is -2.40. The van der Waals surface area contributed by atoms with Crippen LogP contribution in [-0.2, 0) is 0 Å². The first-order chi connectivity index (χ1) is 6.42. The zero-order valence-electron chi connectivity index (χ0n) is 8.15. The van der Waals surface area contributed by atoms with Crippen LogP contribution in [0.2, 0.25) is 0 Å². The summed E-state index contributed by atoms with van der Waals surface area (Å²) in [6.07, 6.45) is 10.9. The van der Waals surface area contributed by atoms with Crippen molar-refractivity contribution in [2.45, 2.75) is 44.2 Å². The molecule has 0 saturated carbocycles. The Balaban J connectivity index is 1.97. The van der Waals surface area contributed by atoms with E-state index in [2.05, 4.69) is 17.1 Å². The van der Waals surface area contributed by atoms with Crippen molar-refractivity contribution in [3.8, 4) is 0 Å². The van der Waals surface area contributed by atoms with Gasteiger partial charge in [0.05, 0.1) is 6.61 Å². The topological polar surface area (TPSA) is 23.5 Å². The van der Waals surface area contributed by atoms with Crippen molar-refractivity contribution in [2.24, 2.45) is 0 Å². The maximum Gasteiger partial charge on any atom is 0.0587 e. The van der Waals surface area contributed by atoms with Gasteiger partial charge in [0, 0.05) is 12.1 Å². The van der Waals surface area contributed by atoms with E-state index < -0.39 is 0 Å². The van der Waals surface area contributed by atoms with Gasteiger partial charge in [0.15, 0.2) is 0 Å². The van der Waals surface area contributed by atoms with Crippen LogP contribution in [0, 0.1) is 0 Å². The molecule has 1 heterocycles. The lowest BCUT2D eigenvalue weighted by molar-refractivity contribution is 0.130. The highest BCUT2D eigenvalue weighted by molar-refractivity contribution is 5.01. The number of aliphatic hydroxyl groups is 1. The van der Waals surface area contributed by atoms with Crippen LogP contribution in [0.1, 0.15) is 32.1 Å². The lowest BCUT2D eigenvalue weighted by Gasteiger charge is -2.31. The molecule has 0 spiro atoms. The Hall–Kier alpha value is -0.340. The van der Waals surface area contributed by atoms with Crippen molar-refractivity contribution in [3.63, 3.8) is 0 Å². The van der Waals surface area contributed by atoms with E-state index in [1.807, 2.05) is 0 Å². The van der Waals surface area contributed by atoms with Crippen molar-refractivity contribution in [2.75, 3.05) is 13.2 Å². The van der Waals surface area contributed by atoms with Gasteiger partial charge in [-0.2, -0.15) is 0 Å². The van der Waals surface area contributed by atoms with Gasteiger partial charge in [0.1, 0.15) is 0 Å². The minimum atomic E-state index is 0.338. The summed E-state index contributed by atoms with van der Waals surface area (Å²) in [5.41, 5.74) is 0. The van der Waals surface area contributed by atoms with Gasteiger partial charge in [-0.3, -0.25) is 4.90 Å². The van der Waals surface area contributed by atoms with Crippen molar-refractivity contribution in [1.82, 2.24) is 4.90 Å². The molecule has 1 unspecified atom stereocenters. The van der Waals surface area contributed by atoms with E-state index in [4.69, 9.17) is 0 Å². The molecule has 1 fully saturated rings. The fourth-order valence-electron chi connectivity index (χ4n) is 2.56. The van der Waals surface area contributed by atoms with Crippen LogP contribution in [-0.4, -0.2) is 35.2 Å². The molecule has 0 aromatic heterocycles. The van der Waals surface area contributed by atoms with Gasteiger partial charge in [-0.1, -0.05) is 12.2 Å². The Morgan fingerprint density at radius 3 is 2.92 bits per heavy atom. The van der Waals surface area contributed by atoms with E-state index in [0.717, 1.165) is 0 Å².